The predicted molar refractivity (Wildman–Crippen MR) is 114 cm³/mol. The third-order valence-electron chi connectivity index (χ3n) is 4.40. The highest BCUT2D eigenvalue weighted by Crippen LogP contribution is 2.31. The Bertz CT molecular complexity index is 818. The first-order chi connectivity index (χ1) is 14.6. The van der Waals surface area contributed by atoms with Gasteiger partial charge in [-0.25, -0.2) is 0 Å². The van der Waals surface area contributed by atoms with Crippen molar-refractivity contribution in [2.45, 2.75) is 13.8 Å². The molecule has 2 aromatic rings. The average molecular weight is 415 g/mol. The summed E-state index contributed by atoms with van der Waals surface area (Å²) in [4.78, 5) is 12.7. The Hall–Kier alpha value is -2.61. The molecule has 1 aliphatic rings. The SMILES string of the molecule is Cc1cc(C)cc(C(=O)Nc2ccc3c(c2)OCCOCCOCCOCCO3)c1. The molecule has 0 atom stereocenters. The van der Waals surface area contributed by atoms with Crippen LogP contribution < -0.4 is 14.8 Å². The van der Waals surface area contributed by atoms with Crippen LogP contribution in [-0.2, 0) is 14.2 Å². The summed E-state index contributed by atoms with van der Waals surface area (Å²) >= 11 is 0. The van der Waals surface area contributed by atoms with Gasteiger partial charge in [-0.2, -0.15) is 0 Å². The lowest BCUT2D eigenvalue weighted by Gasteiger charge is -2.15. The van der Waals surface area contributed by atoms with Crippen LogP contribution >= 0.6 is 0 Å². The van der Waals surface area contributed by atoms with E-state index in [0.717, 1.165) is 11.1 Å². The van der Waals surface area contributed by atoms with Crippen molar-refractivity contribution in [3.05, 3.63) is 53.1 Å². The largest absolute Gasteiger partial charge is 0.487 e. The number of carbonyl (C=O) groups excluding carboxylic acids is 1. The lowest BCUT2D eigenvalue weighted by molar-refractivity contribution is 0.00708. The Labute approximate surface area is 177 Å². The van der Waals surface area contributed by atoms with Gasteiger partial charge < -0.3 is 29.0 Å². The lowest BCUT2D eigenvalue weighted by atomic mass is 10.1. The molecular formula is C23H29NO6. The molecule has 2 aromatic carbocycles. The highest BCUT2D eigenvalue weighted by Gasteiger charge is 2.12. The molecule has 1 amide bonds. The maximum absolute atomic E-state index is 12.7. The van der Waals surface area contributed by atoms with Gasteiger partial charge in [0.05, 0.1) is 39.6 Å². The Morgan fingerprint density at radius 3 is 1.83 bits per heavy atom. The molecule has 0 saturated carbocycles. The summed E-state index contributed by atoms with van der Waals surface area (Å²) in [6, 6.07) is 11.1. The highest BCUT2D eigenvalue weighted by molar-refractivity contribution is 6.04. The maximum Gasteiger partial charge on any atom is 0.255 e. The zero-order valence-electron chi connectivity index (χ0n) is 17.6. The Kier molecular flexibility index (Phi) is 8.50. The second-order valence-electron chi connectivity index (χ2n) is 7.03. The topological polar surface area (TPSA) is 75.3 Å². The molecule has 0 radical (unpaired) electrons. The van der Waals surface area contributed by atoms with E-state index in [-0.39, 0.29) is 5.91 Å². The standard InChI is InChI=1S/C23H29NO6/c1-17-13-18(2)15-19(14-17)23(25)24-20-3-4-21-22(16-20)30-12-10-28-8-6-26-5-7-27-9-11-29-21/h3-4,13-16H,5-12H2,1-2H3,(H,24,25). The molecule has 0 bridgehead atoms. The fourth-order valence-electron chi connectivity index (χ4n) is 3.09. The number of hydrogen-bond donors (Lipinski definition) is 1. The van der Waals surface area contributed by atoms with Gasteiger partial charge in [-0.15, -0.1) is 0 Å². The van der Waals surface area contributed by atoms with Gasteiger partial charge in [0, 0.05) is 17.3 Å². The minimum Gasteiger partial charge on any atom is -0.487 e. The van der Waals surface area contributed by atoms with Gasteiger partial charge in [0.2, 0.25) is 0 Å². The van der Waals surface area contributed by atoms with Crippen LogP contribution in [0.4, 0.5) is 5.69 Å². The van der Waals surface area contributed by atoms with Crippen molar-refractivity contribution in [3.63, 3.8) is 0 Å². The number of amides is 1. The van der Waals surface area contributed by atoms with Crippen molar-refractivity contribution >= 4 is 11.6 Å². The molecule has 1 heterocycles. The van der Waals surface area contributed by atoms with Crippen LogP contribution in [0.2, 0.25) is 0 Å². The first-order valence-electron chi connectivity index (χ1n) is 10.1. The summed E-state index contributed by atoms with van der Waals surface area (Å²) in [5.74, 6) is 0.966. The minimum atomic E-state index is -0.170. The first-order valence-corrected chi connectivity index (χ1v) is 10.1. The van der Waals surface area contributed by atoms with E-state index in [1.165, 1.54) is 0 Å². The summed E-state index contributed by atoms with van der Waals surface area (Å²) in [7, 11) is 0. The van der Waals surface area contributed by atoms with Gasteiger partial charge in [-0.3, -0.25) is 4.79 Å². The molecule has 0 saturated heterocycles. The molecule has 7 heteroatoms. The molecule has 0 aliphatic carbocycles. The number of anilines is 1. The van der Waals surface area contributed by atoms with Crippen molar-refractivity contribution in [2.24, 2.45) is 0 Å². The second-order valence-corrected chi connectivity index (χ2v) is 7.03. The monoisotopic (exact) mass is 415 g/mol. The number of hydrogen-bond acceptors (Lipinski definition) is 6. The zero-order valence-corrected chi connectivity index (χ0v) is 17.6. The smallest absolute Gasteiger partial charge is 0.255 e. The molecule has 0 aromatic heterocycles. The van der Waals surface area contributed by atoms with Gasteiger partial charge >= 0.3 is 0 Å². The second kappa shape index (κ2) is 11.5. The third kappa shape index (κ3) is 7.02. The number of ether oxygens (including phenoxy) is 5. The third-order valence-corrected chi connectivity index (χ3v) is 4.40. The van der Waals surface area contributed by atoms with Crippen molar-refractivity contribution in [1.29, 1.82) is 0 Å². The molecule has 3 rings (SSSR count). The van der Waals surface area contributed by atoms with E-state index in [1.54, 1.807) is 18.2 Å². The van der Waals surface area contributed by atoms with E-state index in [2.05, 4.69) is 5.32 Å². The van der Waals surface area contributed by atoms with Gasteiger partial charge in [-0.05, 0) is 38.1 Å². The van der Waals surface area contributed by atoms with Crippen LogP contribution in [0.5, 0.6) is 11.5 Å². The van der Waals surface area contributed by atoms with E-state index < -0.39 is 0 Å². The number of fused-ring (bicyclic) bond motifs is 1. The van der Waals surface area contributed by atoms with Gasteiger partial charge in [0.25, 0.3) is 5.91 Å². The fourth-order valence-corrected chi connectivity index (χ4v) is 3.09. The van der Waals surface area contributed by atoms with Gasteiger partial charge in [0.1, 0.15) is 13.2 Å². The quantitative estimate of drug-likeness (QED) is 0.811. The van der Waals surface area contributed by atoms with Crippen molar-refractivity contribution in [1.82, 2.24) is 0 Å². The van der Waals surface area contributed by atoms with Crippen LogP contribution in [0.25, 0.3) is 0 Å². The Balaban J connectivity index is 1.69. The number of benzene rings is 2. The van der Waals surface area contributed by atoms with E-state index in [0.29, 0.717) is 75.6 Å². The van der Waals surface area contributed by atoms with E-state index in [4.69, 9.17) is 23.7 Å². The summed E-state index contributed by atoms with van der Waals surface area (Å²) < 4.78 is 28.0. The number of rotatable bonds is 2. The number of carbonyl (C=O) groups is 1. The molecule has 0 fully saturated rings. The zero-order chi connectivity index (χ0) is 21.2. The van der Waals surface area contributed by atoms with Crippen LogP contribution in [-0.4, -0.2) is 58.8 Å². The van der Waals surface area contributed by atoms with E-state index >= 15 is 0 Å². The first kappa shape index (κ1) is 22.1. The molecule has 0 spiro atoms. The minimum absolute atomic E-state index is 0.170. The molecule has 7 nitrogen and oxygen atoms in total. The normalized spacial score (nSPS) is 16.2. The number of aryl methyl sites for hydroxylation is 2. The summed E-state index contributed by atoms with van der Waals surface area (Å²) in [5, 5.41) is 2.93. The highest BCUT2D eigenvalue weighted by atomic mass is 16.6. The molecule has 30 heavy (non-hydrogen) atoms. The molecule has 162 valence electrons. The molecule has 1 aliphatic heterocycles. The maximum atomic E-state index is 12.7. The average Bonchev–Trinajstić information content (AvgIpc) is 2.72. The summed E-state index contributed by atoms with van der Waals surface area (Å²) in [6.45, 7) is 7.63. The van der Waals surface area contributed by atoms with Gasteiger partial charge in [0.15, 0.2) is 11.5 Å². The van der Waals surface area contributed by atoms with E-state index in [1.807, 2.05) is 32.0 Å². The van der Waals surface area contributed by atoms with E-state index in [9.17, 15) is 4.79 Å². The van der Waals surface area contributed by atoms with Crippen LogP contribution in [0.15, 0.2) is 36.4 Å². The molecular weight excluding hydrogens is 386 g/mol. The Morgan fingerprint density at radius 2 is 1.23 bits per heavy atom. The summed E-state index contributed by atoms with van der Waals surface area (Å²) in [6.07, 6.45) is 0. The van der Waals surface area contributed by atoms with Crippen LogP contribution in [0.3, 0.4) is 0 Å². The lowest BCUT2D eigenvalue weighted by Crippen LogP contribution is -2.13. The van der Waals surface area contributed by atoms with Crippen molar-refractivity contribution in [2.75, 3.05) is 58.2 Å². The number of nitrogens with one attached hydrogen (secondary N) is 1. The van der Waals surface area contributed by atoms with Crippen LogP contribution in [0.1, 0.15) is 21.5 Å². The fraction of sp³-hybridized carbons (Fsp3) is 0.435. The molecule has 1 N–H and O–H groups in total. The van der Waals surface area contributed by atoms with Crippen molar-refractivity contribution < 1.29 is 28.5 Å². The van der Waals surface area contributed by atoms with Gasteiger partial charge in [-0.1, -0.05) is 17.2 Å². The van der Waals surface area contributed by atoms with Crippen molar-refractivity contribution in [3.8, 4) is 11.5 Å². The predicted octanol–water partition coefficient (Wildman–Crippen LogP) is 3.38. The summed E-state index contributed by atoms with van der Waals surface area (Å²) in [5.41, 5.74) is 3.34. The molecule has 0 unspecified atom stereocenters. The Morgan fingerprint density at radius 1 is 0.700 bits per heavy atom. The van der Waals surface area contributed by atoms with Crippen LogP contribution in [0, 0.1) is 13.8 Å².